The molecule has 4 unspecified atom stereocenters. The minimum absolute atomic E-state index is 0.200. The van der Waals surface area contributed by atoms with E-state index in [4.69, 9.17) is 14.2 Å². The van der Waals surface area contributed by atoms with Crippen LogP contribution in [-0.2, 0) is 14.2 Å². The second-order valence-electron chi connectivity index (χ2n) is 4.57. The predicted octanol–water partition coefficient (Wildman–Crippen LogP) is -0.847. The molecule has 98 valence electrons. The summed E-state index contributed by atoms with van der Waals surface area (Å²) in [7, 11) is 1.52. The monoisotopic (exact) mass is 246 g/mol. The number of amides is 2. The normalized spacial score (nSPS) is 38.8. The van der Waals surface area contributed by atoms with Crippen LogP contribution in [0.3, 0.4) is 0 Å². The molecule has 0 saturated carbocycles. The molecule has 7 nitrogen and oxygen atoms in total. The number of carbonyl (C=O) groups is 1. The van der Waals surface area contributed by atoms with E-state index >= 15 is 0 Å². The van der Waals surface area contributed by atoms with Gasteiger partial charge in [0.15, 0.2) is 12.1 Å². The molecule has 2 saturated heterocycles. The molecule has 2 aliphatic rings. The number of rotatable bonds is 2. The quantitative estimate of drug-likeness (QED) is 0.591. The highest BCUT2D eigenvalue weighted by atomic mass is 16.8. The Bertz CT molecular complexity index is 309. The first-order valence-electron chi connectivity index (χ1n) is 5.57. The highest BCUT2D eigenvalue weighted by Gasteiger charge is 2.54. The molecule has 2 fully saturated rings. The van der Waals surface area contributed by atoms with Crippen molar-refractivity contribution in [2.75, 3.05) is 13.7 Å². The van der Waals surface area contributed by atoms with Gasteiger partial charge in [0, 0.05) is 7.05 Å². The van der Waals surface area contributed by atoms with E-state index < -0.39 is 30.3 Å². The van der Waals surface area contributed by atoms with E-state index in [9.17, 15) is 9.90 Å². The minimum Gasteiger partial charge on any atom is -0.394 e. The summed E-state index contributed by atoms with van der Waals surface area (Å²) in [5.74, 6) is -0.738. The van der Waals surface area contributed by atoms with E-state index in [1.165, 1.54) is 7.05 Å². The maximum atomic E-state index is 11.3. The van der Waals surface area contributed by atoms with Gasteiger partial charge in [0.1, 0.15) is 12.2 Å². The van der Waals surface area contributed by atoms with Gasteiger partial charge in [0.25, 0.3) is 0 Å². The van der Waals surface area contributed by atoms with Crippen LogP contribution in [0.2, 0.25) is 0 Å². The molecule has 2 rings (SSSR count). The third kappa shape index (κ3) is 2.37. The van der Waals surface area contributed by atoms with Crippen LogP contribution in [-0.4, -0.2) is 55.1 Å². The average Bonchev–Trinajstić information content (AvgIpc) is 2.72. The number of ether oxygens (including phenoxy) is 3. The lowest BCUT2D eigenvalue weighted by Gasteiger charge is -2.25. The lowest BCUT2D eigenvalue weighted by molar-refractivity contribution is -0.210. The molecule has 4 atom stereocenters. The number of fused-ring (bicyclic) bond motifs is 1. The summed E-state index contributed by atoms with van der Waals surface area (Å²) in [6.45, 7) is 3.36. The molecule has 0 radical (unpaired) electrons. The van der Waals surface area contributed by atoms with E-state index in [-0.39, 0.29) is 12.6 Å². The van der Waals surface area contributed by atoms with Crippen LogP contribution in [0.5, 0.6) is 0 Å². The minimum atomic E-state index is -0.738. The Kier molecular flexibility index (Phi) is 3.26. The molecule has 0 aromatic heterocycles. The second-order valence-corrected chi connectivity index (χ2v) is 4.57. The molecular formula is C10H18N2O5. The lowest BCUT2D eigenvalue weighted by atomic mass is 10.1. The molecular weight excluding hydrogens is 228 g/mol. The summed E-state index contributed by atoms with van der Waals surface area (Å²) in [5, 5.41) is 14.4. The zero-order chi connectivity index (χ0) is 12.6. The fourth-order valence-electron chi connectivity index (χ4n) is 2.13. The van der Waals surface area contributed by atoms with Crippen molar-refractivity contribution in [2.24, 2.45) is 0 Å². The average molecular weight is 246 g/mol. The molecule has 0 bridgehead atoms. The van der Waals surface area contributed by atoms with E-state index in [1.54, 1.807) is 13.8 Å². The van der Waals surface area contributed by atoms with Crippen molar-refractivity contribution in [3.05, 3.63) is 0 Å². The van der Waals surface area contributed by atoms with E-state index in [1.807, 2.05) is 0 Å². The van der Waals surface area contributed by atoms with Crippen LogP contribution in [0.1, 0.15) is 13.8 Å². The first kappa shape index (κ1) is 12.6. The number of nitrogens with one attached hydrogen (secondary N) is 2. The Morgan fingerprint density at radius 2 is 2.12 bits per heavy atom. The third-order valence-corrected chi connectivity index (χ3v) is 2.86. The number of aliphatic hydroxyl groups is 1. The Morgan fingerprint density at radius 3 is 2.71 bits per heavy atom. The topological polar surface area (TPSA) is 89.1 Å². The van der Waals surface area contributed by atoms with Gasteiger partial charge >= 0.3 is 6.03 Å². The Balaban J connectivity index is 2.08. The fraction of sp³-hybridized carbons (Fsp3) is 0.900. The molecule has 2 aliphatic heterocycles. The fourth-order valence-corrected chi connectivity index (χ4v) is 2.13. The zero-order valence-corrected chi connectivity index (χ0v) is 10.1. The molecule has 17 heavy (non-hydrogen) atoms. The van der Waals surface area contributed by atoms with Crippen LogP contribution in [0.15, 0.2) is 0 Å². The maximum Gasteiger partial charge on any atom is 0.314 e. The van der Waals surface area contributed by atoms with Crippen LogP contribution >= 0.6 is 0 Å². The van der Waals surface area contributed by atoms with Crippen molar-refractivity contribution in [3.63, 3.8) is 0 Å². The first-order chi connectivity index (χ1) is 7.96. The highest BCUT2D eigenvalue weighted by Crippen LogP contribution is 2.37. The molecule has 0 aromatic rings. The summed E-state index contributed by atoms with van der Waals surface area (Å²) < 4.78 is 16.7. The number of hydrogen-bond acceptors (Lipinski definition) is 5. The van der Waals surface area contributed by atoms with Gasteiger partial charge < -0.3 is 30.0 Å². The van der Waals surface area contributed by atoms with Crippen molar-refractivity contribution in [2.45, 2.75) is 44.2 Å². The van der Waals surface area contributed by atoms with Crippen molar-refractivity contribution in [3.8, 4) is 0 Å². The van der Waals surface area contributed by atoms with Gasteiger partial charge in [-0.3, -0.25) is 0 Å². The Labute approximate surface area is 99.4 Å². The molecule has 0 aliphatic carbocycles. The summed E-state index contributed by atoms with van der Waals surface area (Å²) >= 11 is 0. The van der Waals surface area contributed by atoms with Crippen LogP contribution in [0.4, 0.5) is 4.79 Å². The summed E-state index contributed by atoms with van der Waals surface area (Å²) in [5.41, 5.74) is 0. The van der Waals surface area contributed by atoms with Crippen LogP contribution in [0, 0.1) is 0 Å². The maximum absolute atomic E-state index is 11.3. The van der Waals surface area contributed by atoms with Gasteiger partial charge in [-0.25, -0.2) is 4.79 Å². The summed E-state index contributed by atoms with van der Waals surface area (Å²) in [6, 6.07) is -0.766. The van der Waals surface area contributed by atoms with Crippen LogP contribution < -0.4 is 10.6 Å². The molecule has 0 spiro atoms. The lowest BCUT2D eigenvalue weighted by Crippen LogP contribution is -2.51. The summed E-state index contributed by atoms with van der Waals surface area (Å²) in [6.07, 6.45) is -1.47. The second kappa shape index (κ2) is 4.41. The van der Waals surface area contributed by atoms with Gasteiger partial charge in [0.2, 0.25) is 0 Å². The largest absolute Gasteiger partial charge is 0.394 e. The predicted molar refractivity (Wildman–Crippen MR) is 57.2 cm³/mol. The first-order valence-corrected chi connectivity index (χ1v) is 5.57. The van der Waals surface area contributed by atoms with Gasteiger partial charge in [-0.05, 0) is 13.8 Å². The highest BCUT2D eigenvalue weighted by molar-refractivity contribution is 5.74. The van der Waals surface area contributed by atoms with Crippen molar-refractivity contribution in [1.82, 2.24) is 10.6 Å². The van der Waals surface area contributed by atoms with E-state index in [0.29, 0.717) is 0 Å². The number of aliphatic hydroxyl groups excluding tert-OH is 1. The number of urea groups is 1. The molecule has 7 heteroatoms. The number of carbonyl (C=O) groups excluding carboxylic acids is 1. The Hall–Kier alpha value is -0.890. The van der Waals surface area contributed by atoms with Gasteiger partial charge in [0.05, 0.1) is 12.6 Å². The van der Waals surface area contributed by atoms with Crippen molar-refractivity contribution < 1.29 is 24.1 Å². The van der Waals surface area contributed by atoms with Gasteiger partial charge in [-0.15, -0.1) is 0 Å². The summed E-state index contributed by atoms with van der Waals surface area (Å²) in [4.78, 5) is 11.3. The molecule has 0 aromatic carbocycles. The SMILES string of the molecule is CNC(=O)NC1C(CO)OC2OC(C)(C)OC21. The Morgan fingerprint density at radius 1 is 1.41 bits per heavy atom. The van der Waals surface area contributed by atoms with Gasteiger partial charge in [-0.1, -0.05) is 0 Å². The smallest absolute Gasteiger partial charge is 0.314 e. The van der Waals surface area contributed by atoms with E-state index in [2.05, 4.69) is 10.6 Å². The standard InChI is InChI=1S/C10H18N2O5/c1-10(2)16-7-6(12-9(14)11-3)5(4-13)15-8(7)17-10/h5-8,13H,4H2,1-3H3,(H2,11,12,14). The van der Waals surface area contributed by atoms with Gasteiger partial charge in [-0.2, -0.15) is 0 Å². The number of hydrogen-bond donors (Lipinski definition) is 3. The van der Waals surface area contributed by atoms with Crippen LogP contribution in [0.25, 0.3) is 0 Å². The molecule has 3 N–H and O–H groups in total. The van der Waals surface area contributed by atoms with Crippen molar-refractivity contribution >= 4 is 6.03 Å². The molecule has 2 amide bonds. The molecule has 2 heterocycles. The van der Waals surface area contributed by atoms with Crippen molar-refractivity contribution in [1.29, 1.82) is 0 Å². The van der Waals surface area contributed by atoms with E-state index in [0.717, 1.165) is 0 Å². The third-order valence-electron chi connectivity index (χ3n) is 2.86. The zero-order valence-electron chi connectivity index (χ0n) is 10.1.